The minimum Gasteiger partial charge on any atom is -0.376 e. The molecule has 1 fully saturated rings. The van der Waals surface area contributed by atoms with Gasteiger partial charge in [0.2, 0.25) is 15.9 Å². The van der Waals surface area contributed by atoms with Gasteiger partial charge in [-0.05, 0) is 49.9 Å². The maximum Gasteiger partial charge on any atom is 0.242 e. The molecule has 0 heterocycles. The number of hydrogen-bond acceptors (Lipinski definition) is 4. The number of nitrogens with zero attached hydrogens (tertiary/aromatic N) is 1. The molecule has 0 spiro atoms. The average molecular weight is 382 g/mol. The van der Waals surface area contributed by atoms with E-state index < -0.39 is 10.0 Å². The summed E-state index contributed by atoms with van der Waals surface area (Å²) in [6.45, 7) is 3.94. The van der Waals surface area contributed by atoms with Crippen molar-refractivity contribution in [3.63, 3.8) is 0 Å². The van der Waals surface area contributed by atoms with E-state index in [9.17, 15) is 13.2 Å². The maximum atomic E-state index is 12.4. The van der Waals surface area contributed by atoms with Crippen molar-refractivity contribution in [1.82, 2.24) is 9.62 Å². The molecule has 1 saturated carbocycles. The smallest absolute Gasteiger partial charge is 0.242 e. The third kappa shape index (κ3) is 5.20. The number of nitrogens with one attached hydrogen (secondary N) is 2. The zero-order valence-corrected chi connectivity index (χ0v) is 17.1. The molecule has 0 bridgehead atoms. The summed E-state index contributed by atoms with van der Waals surface area (Å²) in [5.41, 5.74) is 2.51. The van der Waals surface area contributed by atoms with Crippen molar-refractivity contribution in [2.45, 2.75) is 63.3 Å². The Bertz CT molecular complexity index is 737. The van der Waals surface area contributed by atoms with Gasteiger partial charge in [-0.1, -0.05) is 25.7 Å². The van der Waals surface area contributed by atoms with Gasteiger partial charge in [-0.25, -0.2) is 12.7 Å². The summed E-state index contributed by atoms with van der Waals surface area (Å²) in [5.74, 6) is -0.0465. The average Bonchev–Trinajstić information content (AvgIpc) is 2.84. The van der Waals surface area contributed by atoms with E-state index in [1.54, 1.807) is 12.1 Å². The van der Waals surface area contributed by atoms with Crippen LogP contribution < -0.4 is 10.6 Å². The molecule has 26 heavy (non-hydrogen) atoms. The van der Waals surface area contributed by atoms with Crippen LogP contribution in [0.4, 0.5) is 5.69 Å². The number of anilines is 1. The number of benzene rings is 1. The number of sulfonamides is 1. The van der Waals surface area contributed by atoms with E-state index in [1.165, 1.54) is 44.1 Å². The molecule has 7 heteroatoms. The first-order valence-corrected chi connectivity index (χ1v) is 10.7. The van der Waals surface area contributed by atoms with Crippen LogP contribution in [0.1, 0.15) is 49.7 Å². The van der Waals surface area contributed by atoms with Crippen molar-refractivity contribution in [2.24, 2.45) is 0 Å². The van der Waals surface area contributed by atoms with E-state index in [1.807, 2.05) is 13.8 Å². The van der Waals surface area contributed by atoms with Gasteiger partial charge >= 0.3 is 0 Å². The fourth-order valence-corrected chi connectivity index (χ4v) is 4.26. The Hall–Kier alpha value is -1.60. The summed E-state index contributed by atoms with van der Waals surface area (Å²) in [6.07, 6.45) is 6.91. The summed E-state index contributed by atoms with van der Waals surface area (Å²) < 4.78 is 26.0. The predicted octanol–water partition coefficient (Wildman–Crippen LogP) is 2.80. The van der Waals surface area contributed by atoms with Crippen LogP contribution in [0.15, 0.2) is 17.0 Å². The zero-order chi connectivity index (χ0) is 19.3. The van der Waals surface area contributed by atoms with Gasteiger partial charge in [-0.15, -0.1) is 0 Å². The molecule has 0 atom stereocenters. The number of amides is 1. The predicted molar refractivity (Wildman–Crippen MR) is 105 cm³/mol. The second kappa shape index (κ2) is 8.86. The molecule has 0 aliphatic heterocycles. The first-order valence-electron chi connectivity index (χ1n) is 9.29. The van der Waals surface area contributed by atoms with Gasteiger partial charge in [0.25, 0.3) is 0 Å². The molecule has 0 saturated heterocycles. The summed E-state index contributed by atoms with van der Waals surface area (Å²) in [7, 11) is -0.488. The van der Waals surface area contributed by atoms with E-state index in [0.717, 1.165) is 24.0 Å². The molecule has 146 valence electrons. The monoisotopic (exact) mass is 381 g/mol. The third-order valence-electron chi connectivity index (χ3n) is 5.08. The van der Waals surface area contributed by atoms with Crippen LogP contribution >= 0.6 is 0 Å². The van der Waals surface area contributed by atoms with Gasteiger partial charge in [0.15, 0.2) is 0 Å². The lowest BCUT2D eigenvalue weighted by atomic mass is 10.1. The minimum atomic E-state index is -3.51. The fraction of sp³-hybridized carbons (Fsp3) is 0.632. The van der Waals surface area contributed by atoms with E-state index in [2.05, 4.69) is 10.6 Å². The lowest BCUT2D eigenvalue weighted by Crippen LogP contribution is -2.38. The summed E-state index contributed by atoms with van der Waals surface area (Å²) in [6, 6.07) is 3.54. The van der Waals surface area contributed by atoms with E-state index in [0.29, 0.717) is 5.69 Å². The van der Waals surface area contributed by atoms with Crippen molar-refractivity contribution >= 4 is 21.6 Å². The van der Waals surface area contributed by atoms with Gasteiger partial charge in [0, 0.05) is 25.8 Å². The van der Waals surface area contributed by atoms with Gasteiger partial charge in [-0.2, -0.15) is 0 Å². The summed E-state index contributed by atoms with van der Waals surface area (Å²) in [4.78, 5) is 12.5. The van der Waals surface area contributed by atoms with Crippen LogP contribution in [0.3, 0.4) is 0 Å². The number of rotatable bonds is 6. The lowest BCUT2D eigenvalue weighted by Gasteiger charge is -2.19. The molecule has 6 nitrogen and oxygen atoms in total. The highest BCUT2D eigenvalue weighted by Crippen LogP contribution is 2.25. The van der Waals surface area contributed by atoms with Crippen LogP contribution in [0.25, 0.3) is 0 Å². The van der Waals surface area contributed by atoms with Crippen molar-refractivity contribution in [3.05, 3.63) is 23.3 Å². The third-order valence-corrected chi connectivity index (χ3v) is 6.87. The Labute approximate surface area is 157 Å². The van der Waals surface area contributed by atoms with Crippen LogP contribution in [0.2, 0.25) is 0 Å². The van der Waals surface area contributed by atoms with Gasteiger partial charge in [0.05, 0.1) is 11.4 Å². The number of hydrogen-bond donors (Lipinski definition) is 2. The number of aryl methyl sites for hydroxylation is 1. The highest BCUT2D eigenvalue weighted by Gasteiger charge is 2.20. The Morgan fingerprint density at radius 1 is 1.12 bits per heavy atom. The molecule has 2 N–H and O–H groups in total. The van der Waals surface area contributed by atoms with Crippen LogP contribution in [0.5, 0.6) is 0 Å². The quantitative estimate of drug-likeness (QED) is 0.743. The molecular weight excluding hydrogens is 350 g/mol. The molecule has 1 aliphatic rings. The van der Waals surface area contributed by atoms with Gasteiger partial charge in [-0.3, -0.25) is 4.79 Å². The molecule has 1 aromatic carbocycles. The molecular formula is C19H31N3O3S. The Balaban J connectivity index is 2.06. The molecule has 0 radical (unpaired) electrons. The van der Waals surface area contributed by atoms with E-state index in [4.69, 9.17) is 0 Å². The number of carbonyl (C=O) groups excluding carboxylic acids is 1. The largest absolute Gasteiger partial charge is 0.376 e. The molecule has 0 unspecified atom stereocenters. The zero-order valence-electron chi connectivity index (χ0n) is 16.3. The molecule has 0 aromatic heterocycles. The van der Waals surface area contributed by atoms with Crippen LogP contribution in [0, 0.1) is 13.8 Å². The van der Waals surface area contributed by atoms with Crippen LogP contribution in [-0.4, -0.2) is 45.3 Å². The SMILES string of the molecule is Cc1cc(S(=O)(=O)N(C)C)cc(NCC(=O)NC2CCCCCC2)c1C. The van der Waals surface area contributed by atoms with Gasteiger partial charge < -0.3 is 10.6 Å². The van der Waals surface area contributed by atoms with Crippen molar-refractivity contribution in [1.29, 1.82) is 0 Å². The fourth-order valence-electron chi connectivity index (χ4n) is 3.25. The first-order chi connectivity index (χ1) is 12.2. The maximum absolute atomic E-state index is 12.4. The normalized spacial score (nSPS) is 16.3. The molecule has 1 aromatic rings. The standard InChI is InChI=1S/C19H31N3O3S/c1-14-11-17(26(24,25)22(3)4)12-18(15(14)2)20-13-19(23)21-16-9-7-5-6-8-10-16/h11-12,16,20H,5-10,13H2,1-4H3,(H,21,23). The van der Waals surface area contributed by atoms with E-state index >= 15 is 0 Å². The molecule has 1 amide bonds. The van der Waals surface area contributed by atoms with Crippen molar-refractivity contribution in [3.8, 4) is 0 Å². The lowest BCUT2D eigenvalue weighted by molar-refractivity contribution is -0.120. The molecule has 2 rings (SSSR count). The van der Waals surface area contributed by atoms with Crippen LogP contribution in [-0.2, 0) is 14.8 Å². The van der Waals surface area contributed by atoms with Crippen molar-refractivity contribution in [2.75, 3.05) is 26.0 Å². The molecule has 1 aliphatic carbocycles. The summed E-state index contributed by atoms with van der Waals surface area (Å²) in [5, 5.41) is 6.21. The second-order valence-corrected chi connectivity index (χ2v) is 9.46. The van der Waals surface area contributed by atoms with E-state index in [-0.39, 0.29) is 23.4 Å². The summed E-state index contributed by atoms with van der Waals surface area (Å²) >= 11 is 0. The highest BCUT2D eigenvalue weighted by molar-refractivity contribution is 7.89. The highest BCUT2D eigenvalue weighted by atomic mass is 32.2. The topological polar surface area (TPSA) is 78.5 Å². The Kier molecular flexibility index (Phi) is 7.06. The second-order valence-electron chi connectivity index (χ2n) is 7.31. The Morgan fingerprint density at radius 2 is 1.73 bits per heavy atom. The Morgan fingerprint density at radius 3 is 2.31 bits per heavy atom. The van der Waals surface area contributed by atoms with Crippen molar-refractivity contribution < 1.29 is 13.2 Å². The van der Waals surface area contributed by atoms with Gasteiger partial charge in [0.1, 0.15) is 0 Å². The first kappa shape index (κ1) is 20.7. The minimum absolute atomic E-state index is 0.0465. The number of carbonyl (C=O) groups is 1.